The Bertz CT molecular complexity index is 779. The average Bonchev–Trinajstić information content (AvgIpc) is 2.66. The number of phenolic OH excluding ortho intramolecular Hbond substituents is 1. The second-order valence-electron chi connectivity index (χ2n) is 5.77. The predicted molar refractivity (Wildman–Crippen MR) is 101 cm³/mol. The minimum atomic E-state index is -0.477. The van der Waals surface area contributed by atoms with E-state index in [1.807, 2.05) is 12.1 Å². The summed E-state index contributed by atoms with van der Waals surface area (Å²) in [7, 11) is 0. The number of phenols is 1. The zero-order valence-electron chi connectivity index (χ0n) is 14.0. The van der Waals surface area contributed by atoms with Crippen LogP contribution in [0.2, 0.25) is 0 Å². The molecule has 1 aliphatic rings. The molecule has 0 radical (unpaired) electrons. The van der Waals surface area contributed by atoms with E-state index < -0.39 is 6.04 Å². The second-order valence-corrected chi connectivity index (χ2v) is 6.68. The van der Waals surface area contributed by atoms with Crippen LogP contribution in [0.1, 0.15) is 17.2 Å². The van der Waals surface area contributed by atoms with Crippen LogP contribution in [0.4, 0.5) is 0 Å². The zero-order valence-corrected chi connectivity index (χ0v) is 15.6. The van der Waals surface area contributed by atoms with Crippen molar-refractivity contribution in [3.8, 4) is 5.75 Å². The molecule has 136 valence electrons. The van der Waals surface area contributed by atoms with Crippen LogP contribution in [0, 0.1) is 0 Å². The summed E-state index contributed by atoms with van der Waals surface area (Å²) in [6.45, 7) is 2.50. The number of hydrazone groups is 1. The number of aromatic nitrogens is 1. The third-order valence-electron chi connectivity index (χ3n) is 4.05. The smallest absolute Gasteiger partial charge is 0.262 e. The number of halogens is 1. The minimum Gasteiger partial charge on any atom is -0.507 e. The van der Waals surface area contributed by atoms with Crippen LogP contribution >= 0.6 is 15.9 Å². The van der Waals surface area contributed by atoms with Crippen LogP contribution in [0.15, 0.2) is 52.3 Å². The topological polar surface area (TPSA) is 87.0 Å². The van der Waals surface area contributed by atoms with Gasteiger partial charge in [0.1, 0.15) is 11.8 Å². The maximum Gasteiger partial charge on any atom is 0.262 e. The van der Waals surface area contributed by atoms with Gasteiger partial charge in [-0.2, -0.15) is 5.10 Å². The minimum absolute atomic E-state index is 0.0880. The number of carbonyl (C=O) groups is 1. The van der Waals surface area contributed by atoms with Crippen LogP contribution in [-0.4, -0.2) is 53.4 Å². The number of nitrogens with one attached hydrogen (secondary N) is 1. The van der Waals surface area contributed by atoms with E-state index in [9.17, 15) is 9.90 Å². The van der Waals surface area contributed by atoms with Crippen LogP contribution in [0.25, 0.3) is 0 Å². The van der Waals surface area contributed by atoms with Crippen molar-refractivity contribution in [2.75, 3.05) is 26.3 Å². The molecule has 0 aliphatic carbocycles. The maximum absolute atomic E-state index is 12.8. The zero-order chi connectivity index (χ0) is 18.4. The van der Waals surface area contributed by atoms with Crippen LogP contribution in [0.3, 0.4) is 0 Å². The molecule has 0 spiro atoms. The molecule has 2 N–H and O–H groups in total. The first kappa shape index (κ1) is 18.5. The number of aromatic hydroxyl groups is 1. The monoisotopic (exact) mass is 418 g/mol. The van der Waals surface area contributed by atoms with E-state index in [-0.39, 0.29) is 11.7 Å². The molecule has 1 fully saturated rings. The van der Waals surface area contributed by atoms with Gasteiger partial charge >= 0.3 is 0 Å². The Morgan fingerprint density at radius 3 is 2.77 bits per heavy atom. The number of nitrogens with zero attached hydrogens (tertiary/aromatic N) is 3. The van der Waals surface area contributed by atoms with Crippen LogP contribution in [0.5, 0.6) is 5.75 Å². The Balaban J connectivity index is 1.75. The highest BCUT2D eigenvalue weighted by Crippen LogP contribution is 2.22. The SMILES string of the molecule is O=C(N/N=C/c1cc(Br)ccc1O)C(c1ccncc1)N1CCOCC1. The fourth-order valence-corrected chi connectivity index (χ4v) is 3.14. The van der Waals surface area contributed by atoms with Crippen LogP contribution < -0.4 is 5.43 Å². The standard InChI is InChI=1S/C18H19BrN4O3/c19-15-1-2-16(24)14(11-15)12-21-22-18(25)17(13-3-5-20-6-4-13)23-7-9-26-10-8-23/h1-6,11-12,17,24H,7-10H2,(H,22,25)/b21-12+. The first-order valence-electron chi connectivity index (χ1n) is 8.18. The lowest BCUT2D eigenvalue weighted by molar-refractivity contribution is -0.128. The van der Waals surface area contributed by atoms with E-state index in [0.717, 1.165) is 10.0 Å². The highest BCUT2D eigenvalue weighted by atomic mass is 79.9. The summed E-state index contributed by atoms with van der Waals surface area (Å²) in [5.41, 5.74) is 3.93. The maximum atomic E-state index is 12.8. The number of amides is 1. The van der Waals surface area contributed by atoms with Gasteiger partial charge < -0.3 is 9.84 Å². The number of morpholine rings is 1. The van der Waals surface area contributed by atoms with Gasteiger partial charge in [-0.15, -0.1) is 0 Å². The van der Waals surface area contributed by atoms with Crippen molar-refractivity contribution in [3.63, 3.8) is 0 Å². The number of rotatable bonds is 5. The molecule has 1 aromatic heterocycles. The van der Waals surface area contributed by atoms with Gasteiger partial charge in [-0.05, 0) is 35.9 Å². The Morgan fingerprint density at radius 1 is 1.31 bits per heavy atom. The third-order valence-corrected chi connectivity index (χ3v) is 4.54. The van der Waals surface area contributed by atoms with Gasteiger partial charge in [-0.25, -0.2) is 5.43 Å². The summed E-state index contributed by atoms with van der Waals surface area (Å²) < 4.78 is 6.19. The average molecular weight is 419 g/mol. The molecule has 2 heterocycles. The number of hydrogen-bond acceptors (Lipinski definition) is 6. The molecule has 1 amide bonds. The fourth-order valence-electron chi connectivity index (χ4n) is 2.76. The van der Waals surface area contributed by atoms with Gasteiger partial charge in [0.2, 0.25) is 0 Å². The van der Waals surface area contributed by atoms with Crippen molar-refractivity contribution < 1.29 is 14.6 Å². The summed E-state index contributed by atoms with van der Waals surface area (Å²) in [6.07, 6.45) is 4.75. The van der Waals surface area contributed by atoms with Crippen molar-refractivity contribution in [2.24, 2.45) is 5.10 Å². The molecule has 2 aromatic rings. The Morgan fingerprint density at radius 2 is 2.04 bits per heavy atom. The van der Waals surface area contributed by atoms with Crippen molar-refractivity contribution in [1.82, 2.24) is 15.3 Å². The van der Waals surface area contributed by atoms with Crippen molar-refractivity contribution in [1.29, 1.82) is 0 Å². The van der Waals surface area contributed by atoms with E-state index in [4.69, 9.17) is 4.74 Å². The predicted octanol–water partition coefficient (Wildman–Crippen LogP) is 2.07. The molecule has 1 aromatic carbocycles. The normalized spacial score (nSPS) is 16.5. The molecule has 26 heavy (non-hydrogen) atoms. The molecule has 7 nitrogen and oxygen atoms in total. The van der Waals surface area contributed by atoms with Gasteiger partial charge in [0.05, 0.1) is 19.4 Å². The molecule has 3 rings (SSSR count). The fraction of sp³-hybridized carbons (Fsp3) is 0.278. The van der Waals surface area contributed by atoms with Crippen molar-refractivity contribution >= 4 is 28.1 Å². The van der Waals surface area contributed by atoms with Gasteiger partial charge in [-0.1, -0.05) is 15.9 Å². The Kier molecular flexibility index (Phi) is 6.32. The quantitative estimate of drug-likeness (QED) is 0.573. The molecular formula is C18H19BrN4O3. The third kappa shape index (κ3) is 4.66. The number of benzene rings is 1. The first-order chi connectivity index (χ1) is 12.6. The molecule has 1 aliphatic heterocycles. The number of ether oxygens (including phenoxy) is 1. The van der Waals surface area contributed by atoms with E-state index in [0.29, 0.717) is 31.9 Å². The molecule has 0 saturated carbocycles. The second kappa shape index (κ2) is 8.88. The summed E-state index contributed by atoms with van der Waals surface area (Å²) in [5.74, 6) is -0.158. The molecular weight excluding hydrogens is 400 g/mol. The lowest BCUT2D eigenvalue weighted by Gasteiger charge is -2.33. The van der Waals surface area contributed by atoms with Crippen LogP contribution in [-0.2, 0) is 9.53 Å². The van der Waals surface area contributed by atoms with Gasteiger partial charge in [0.15, 0.2) is 0 Å². The Labute approximate surface area is 159 Å². The van der Waals surface area contributed by atoms with E-state index in [1.165, 1.54) is 6.21 Å². The van der Waals surface area contributed by atoms with Crippen molar-refractivity contribution in [3.05, 3.63) is 58.3 Å². The number of hydrogen-bond donors (Lipinski definition) is 2. The molecule has 0 bridgehead atoms. The Hall–Kier alpha value is -2.29. The van der Waals surface area contributed by atoms with Gasteiger partial charge in [0, 0.05) is 35.5 Å². The summed E-state index contributed by atoms with van der Waals surface area (Å²) in [5, 5.41) is 13.8. The summed E-state index contributed by atoms with van der Waals surface area (Å²) in [4.78, 5) is 18.9. The molecule has 1 saturated heterocycles. The number of carbonyl (C=O) groups excluding carboxylic acids is 1. The van der Waals surface area contributed by atoms with Gasteiger partial charge in [-0.3, -0.25) is 14.7 Å². The highest BCUT2D eigenvalue weighted by molar-refractivity contribution is 9.10. The highest BCUT2D eigenvalue weighted by Gasteiger charge is 2.28. The lowest BCUT2D eigenvalue weighted by atomic mass is 10.1. The van der Waals surface area contributed by atoms with Gasteiger partial charge in [0.25, 0.3) is 5.91 Å². The molecule has 1 unspecified atom stereocenters. The number of pyridine rings is 1. The van der Waals surface area contributed by atoms with E-state index in [1.54, 1.807) is 30.6 Å². The van der Waals surface area contributed by atoms with E-state index in [2.05, 4.69) is 36.3 Å². The van der Waals surface area contributed by atoms with E-state index >= 15 is 0 Å². The molecule has 8 heteroatoms. The summed E-state index contributed by atoms with van der Waals surface area (Å²) in [6, 6.07) is 8.17. The largest absolute Gasteiger partial charge is 0.507 e. The first-order valence-corrected chi connectivity index (χ1v) is 8.97. The lowest BCUT2D eigenvalue weighted by Crippen LogP contribution is -2.44. The summed E-state index contributed by atoms with van der Waals surface area (Å²) >= 11 is 3.34. The van der Waals surface area contributed by atoms with Crippen molar-refractivity contribution in [2.45, 2.75) is 6.04 Å². The molecule has 1 atom stereocenters.